The minimum absolute atomic E-state index is 0.0182. The molecule has 0 radical (unpaired) electrons. The monoisotopic (exact) mass is 266 g/mol. The Hall–Kier alpha value is -1.06. The summed E-state index contributed by atoms with van der Waals surface area (Å²) in [6, 6.07) is 5.91. The number of halogens is 1. The molecule has 1 aliphatic heterocycles. The van der Waals surface area contributed by atoms with Crippen molar-refractivity contribution >= 4 is 17.5 Å². The van der Waals surface area contributed by atoms with E-state index < -0.39 is 0 Å². The van der Waals surface area contributed by atoms with E-state index in [1.165, 1.54) is 0 Å². The summed E-state index contributed by atoms with van der Waals surface area (Å²) >= 11 is 5.96. The fourth-order valence-electron chi connectivity index (χ4n) is 2.28. The molecule has 1 aromatic carbocycles. The number of aryl methyl sites for hydroxylation is 1. The van der Waals surface area contributed by atoms with Gasteiger partial charge < -0.3 is 10.6 Å². The third-order valence-corrected chi connectivity index (χ3v) is 3.92. The molecule has 0 aliphatic carbocycles. The number of rotatable bonds is 2. The molecule has 0 bridgehead atoms. The molecular weight excluding hydrogens is 248 g/mol. The van der Waals surface area contributed by atoms with Gasteiger partial charge in [-0.1, -0.05) is 11.6 Å². The maximum Gasteiger partial charge on any atom is 0.251 e. The average Bonchev–Trinajstić information content (AvgIpc) is 2.35. The van der Waals surface area contributed by atoms with Crippen molar-refractivity contribution in [1.82, 2.24) is 10.6 Å². The zero-order valence-corrected chi connectivity index (χ0v) is 11.6. The molecule has 0 spiro atoms. The molecule has 18 heavy (non-hydrogen) atoms. The SMILES string of the molecule is Cc1cc(C(=O)NC2CCCNC2C)ccc1Cl. The second-order valence-corrected chi connectivity index (χ2v) is 5.34. The lowest BCUT2D eigenvalue weighted by Crippen LogP contribution is -2.51. The molecule has 1 heterocycles. The van der Waals surface area contributed by atoms with Gasteiger partial charge >= 0.3 is 0 Å². The second-order valence-electron chi connectivity index (χ2n) is 4.93. The van der Waals surface area contributed by atoms with Gasteiger partial charge in [0.25, 0.3) is 5.91 Å². The Morgan fingerprint density at radius 3 is 2.94 bits per heavy atom. The van der Waals surface area contributed by atoms with E-state index in [1.54, 1.807) is 12.1 Å². The molecule has 3 nitrogen and oxygen atoms in total. The minimum Gasteiger partial charge on any atom is -0.348 e. The number of carbonyl (C=O) groups is 1. The third-order valence-electron chi connectivity index (χ3n) is 3.50. The van der Waals surface area contributed by atoms with Gasteiger partial charge in [-0.05, 0) is 57.0 Å². The summed E-state index contributed by atoms with van der Waals surface area (Å²) in [6.07, 6.45) is 2.14. The zero-order valence-electron chi connectivity index (χ0n) is 10.8. The lowest BCUT2D eigenvalue weighted by Gasteiger charge is -2.30. The molecule has 2 unspecified atom stereocenters. The van der Waals surface area contributed by atoms with Crippen LogP contribution in [0.4, 0.5) is 0 Å². The minimum atomic E-state index is -0.0182. The Balaban J connectivity index is 2.04. The van der Waals surface area contributed by atoms with Gasteiger partial charge in [0.15, 0.2) is 0 Å². The van der Waals surface area contributed by atoms with Gasteiger partial charge in [0.1, 0.15) is 0 Å². The van der Waals surface area contributed by atoms with Gasteiger partial charge in [-0.2, -0.15) is 0 Å². The predicted octanol–water partition coefficient (Wildman–Crippen LogP) is 2.52. The quantitative estimate of drug-likeness (QED) is 0.864. The van der Waals surface area contributed by atoms with Crippen LogP contribution in [0.15, 0.2) is 18.2 Å². The summed E-state index contributed by atoms with van der Waals surface area (Å²) in [5.74, 6) is -0.0182. The molecule has 2 atom stereocenters. The number of amides is 1. The summed E-state index contributed by atoms with van der Waals surface area (Å²) in [7, 11) is 0. The van der Waals surface area contributed by atoms with E-state index in [0.717, 1.165) is 24.9 Å². The van der Waals surface area contributed by atoms with Crippen molar-refractivity contribution in [2.45, 2.75) is 38.8 Å². The maximum absolute atomic E-state index is 12.1. The molecular formula is C14H19ClN2O. The molecule has 1 aliphatic rings. The van der Waals surface area contributed by atoms with Crippen molar-refractivity contribution in [3.8, 4) is 0 Å². The van der Waals surface area contributed by atoms with E-state index in [2.05, 4.69) is 17.6 Å². The van der Waals surface area contributed by atoms with Crippen LogP contribution in [-0.4, -0.2) is 24.5 Å². The molecule has 1 saturated heterocycles. The van der Waals surface area contributed by atoms with Crippen LogP contribution in [0.1, 0.15) is 35.7 Å². The maximum atomic E-state index is 12.1. The summed E-state index contributed by atoms with van der Waals surface area (Å²) < 4.78 is 0. The van der Waals surface area contributed by atoms with E-state index in [4.69, 9.17) is 11.6 Å². The van der Waals surface area contributed by atoms with E-state index in [0.29, 0.717) is 16.6 Å². The molecule has 1 amide bonds. The third kappa shape index (κ3) is 3.03. The average molecular weight is 267 g/mol. The van der Waals surface area contributed by atoms with Gasteiger partial charge in [-0.25, -0.2) is 0 Å². The number of hydrogen-bond donors (Lipinski definition) is 2. The molecule has 0 saturated carbocycles. The smallest absolute Gasteiger partial charge is 0.251 e. The molecule has 98 valence electrons. The highest BCUT2D eigenvalue weighted by Gasteiger charge is 2.22. The first kappa shape index (κ1) is 13.4. The van der Waals surface area contributed by atoms with Crippen LogP contribution < -0.4 is 10.6 Å². The molecule has 2 N–H and O–H groups in total. The highest BCUT2D eigenvalue weighted by Crippen LogP contribution is 2.17. The Bertz CT molecular complexity index is 447. The Labute approximate surface area is 113 Å². The first-order chi connectivity index (χ1) is 8.58. The van der Waals surface area contributed by atoms with Crippen LogP contribution in [0.5, 0.6) is 0 Å². The number of hydrogen-bond acceptors (Lipinski definition) is 2. The first-order valence-electron chi connectivity index (χ1n) is 6.38. The van der Waals surface area contributed by atoms with Gasteiger partial charge in [0, 0.05) is 22.7 Å². The first-order valence-corrected chi connectivity index (χ1v) is 6.76. The summed E-state index contributed by atoms with van der Waals surface area (Å²) in [4.78, 5) is 12.1. The normalized spacial score (nSPS) is 23.7. The van der Waals surface area contributed by atoms with Crippen molar-refractivity contribution in [2.75, 3.05) is 6.54 Å². The number of piperidine rings is 1. The summed E-state index contributed by atoms with van der Waals surface area (Å²) in [5.41, 5.74) is 1.61. The van der Waals surface area contributed by atoms with Crippen LogP contribution in [0.2, 0.25) is 5.02 Å². The number of benzene rings is 1. The summed E-state index contributed by atoms with van der Waals surface area (Å²) in [6.45, 7) is 5.05. The van der Waals surface area contributed by atoms with Crippen molar-refractivity contribution in [2.24, 2.45) is 0 Å². The van der Waals surface area contributed by atoms with Gasteiger partial charge in [-0.3, -0.25) is 4.79 Å². The Morgan fingerprint density at radius 2 is 2.28 bits per heavy atom. The van der Waals surface area contributed by atoms with Gasteiger partial charge in [0.05, 0.1) is 0 Å². The highest BCUT2D eigenvalue weighted by atomic mass is 35.5. The van der Waals surface area contributed by atoms with Gasteiger partial charge in [-0.15, -0.1) is 0 Å². The standard InChI is InChI=1S/C14H19ClN2O/c1-9-8-11(5-6-12(9)15)14(18)17-13-4-3-7-16-10(13)2/h5-6,8,10,13,16H,3-4,7H2,1-2H3,(H,17,18). The van der Waals surface area contributed by atoms with Crippen molar-refractivity contribution in [3.63, 3.8) is 0 Å². The lowest BCUT2D eigenvalue weighted by atomic mass is 9.99. The van der Waals surface area contributed by atoms with Gasteiger partial charge in [0.2, 0.25) is 0 Å². The second kappa shape index (κ2) is 5.72. The van der Waals surface area contributed by atoms with Crippen LogP contribution in [0, 0.1) is 6.92 Å². The van der Waals surface area contributed by atoms with Crippen molar-refractivity contribution < 1.29 is 4.79 Å². The molecule has 1 fully saturated rings. The molecule has 0 aromatic heterocycles. The molecule has 1 aromatic rings. The van der Waals surface area contributed by atoms with E-state index in [9.17, 15) is 4.79 Å². The van der Waals surface area contributed by atoms with Crippen LogP contribution >= 0.6 is 11.6 Å². The Kier molecular flexibility index (Phi) is 4.25. The van der Waals surface area contributed by atoms with E-state index in [-0.39, 0.29) is 11.9 Å². The molecule has 4 heteroatoms. The van der Waals surface area contributed by atoms with Crippen LogP contribution in [0.25, 0.3) is 0 Å². The van der Waals surface area contributed by atoms with Crippen LogP contribution in [0.3, 0.4) is 0 Å². The topological polar surface area (TPSA) is 41.1 Å². The Morgan fingerprint density at radius 1 is 1.50 bits per heavy atom. The molecule has 2 rings (SSSR count). The van der Waals surface area contributed by atoms with Crippen LogP contribution in [-0.2, 0) is 0 Å². The van der Waals surface area contributed by atoms with Crippen molar-refractivity contribution in [3.05, 3.63) is 34.3 Å². The predicted molar refractivity (Wildman–Crippen MR) is 74.1 cm³/mol. The van der Waals surface area contributed by atoms with E-state index >= 15 is 0 Å². The fraction of sp³-hybridized carbons (Fsp3) is 0.500. The largest absolute Gasteiger partial charge is 0.348 e. The van der Waals surface area contributed by atoms with Crippen molar-refractivity contribution in [1.29, 1.82) is 0 Å². The lowest BCUT2D eigenvalue weighted by molar-refractivity contribution is 0.0920. The highest BCUT2D eigenvalue weighted by molar-refractivity contribution is 6.31. The fourth-order valence-corrected chi connectivity index (χ4v) is 2.40. The zero-order chi connectivity index (χ0) is 13.1. The number of carbonyl (C=O) groups excluding carboxylic acids is 1. The number of nitrogens with one attached hydrogen (secondary N) is 2. The summed E-state index contributed by atoms with van der Waals surface area (Å²) in [5, 5.41) is 7.15. The van der Waals surface area contributed by atoms with E-state index in [1.807, 2.05) is 13.0 Å².